The van der Waals surface area contributed by atoms with Gasteiger partial charge >= 0.3 is 0 Å². The van der Waals surface area contributed by atoms with Crippen molar-refractivity contribution < 1.29 is 13.2 Å². The molecule has 22 heavy (non-hydrogen) atoms. The van der Waals surface area contributed by atoms with Crippen molar-refractivity contribution in [2.45, 2.75) is 18.7 Å². The van der Waals surface area contributed by atoms with E-state index in [0.29, 0.717) is 18.0 Å². The first-order chi connectivity index (χ1) is 10.4. The zero-order valence-corrected chi connectivity index (χ0v) is 13.9. The molecule has 0 aromatic heterocycles. The fourth-order valence-electron chi connectivity index (χ4n) is 2.08. The zero-order chi connectivity index (χ0) is 16.2. The Bertz CT molecular complexity index is 727. The maximum Gasteiger partial charge on any atom is 0.243 e. The number of hydrogen-bond acceptors (Lipinski definition) is 3. The first-order valence-corrected chi connectivity index (χ1v) is 8.57. The molecule has 118 valence electrons. The second kappa shape index (κ2) is 6.94. The highest BCUT2D eigenvalue weighted by molar-refractivity contribution is 7.89. The maximum atomic E-state index is 12.6. The smallest absolute Gasteiger partial charge is 0.243 e. The van der Waals surface area contributed by atoms with Crippen molar-refractivity contribution in [1.82, 2.24) is 4.31 Å². The molecule has 0 spiro atoms. The quantitative estimate of drug-likeness (QED) is 0.822. The van der Waals surface area contributed by atoms with E-state index in [1.165, 1.54) is 4.31 Å². The minimum atomic E-state index is -3.49. The Morgan fingerprint density at radius 1 is 1.05 bits per heavy atom. The fourth-order valence-corrected chi connectivity index (χ4v) is 3.54. The van der Waals surface area contributed by atoms with E-state index in [0.717, 1.165) is 16.9 Å². The van der Waals surface area contributed by atoms with E-state index in [9.17, 15) is 8.42 Å². The molecule has 2 rings (SSSR count). The lowest BCUT2D eigenvalue weighted by Gasteiger charge is -2.19. The van der Waals surface area contributed by atoms with E-state index in [4.69, 9.17) is 4.74 Å². The number of benzene rings is 2. The average Bonchev–Trinajstić information content (AvgIpc) is 2.50. The van der Waals surface area contributed by atoms with Crippen molar-refractivity contribution in [3.8, 4) is 5.75 Å². The van der Waals surface area contributed by atoms with Crippen LogP contribution in [0.1, 0.15) is 11.1 Å². The minimum absolute atomic E-state index is 0.296. The first-order valence-electron chi connectivity index (χ1n) is 7.12. The minimum Gasteiger partial charge on any atom is -0.492 e. The van der Waals surface area contributed by atoms with Crippen molar-refractivity contribution in [2.24, 2.45) is 0 Å². The van der Waals surface area contributed by atoms with E-state index >= 15 is 0 Å². The fraction of sp³-hybridized carbons (Fsp3) is 0.294. The van der Waals surface area contributed by atoms with Crippen LogP contribution in [-0.4, -0.2) is 32.9 Å². The van der Waals surface area contributed by atoms with Crippen LogP contribution in [0.2, 0.25) is 0 Å². The van der Waals surface area contributed by atoms with Gasteiger partial charge in [0.05, 0.1) is 4.90 Å². The van der Waals surface area contributed by atoms with E-state index in [1.807, 2.05) is 49.4 Å². The predicted molar refractivity (Wildman–Crippen MR) is 87.7 cm³/mol. The summed E-state index contributed by atoms with van der Waals surface area (Å²) in [5.41, 5.74) is 1.68. The Hall–Kier alpha value is -1.85. The molecular formula is C17H21NO3S. The molecule has 0 aliphatic heterocycles. The van der Waals surface area contributed by atoms with E-state index in [-0.39, 0.29) is 0 Å². The van der Waals surface area contributed by atoms with Crippen LogP contribution in [0.25, 0.3) is 0 Å². The number of para-hydroxylation sites is 1. The molecule has 0 saturated carbocycles. The molecule has 2 aromatic carbocycles. The van der Waals surface area contributed by atoms with Crippen molar-refractivity contribution >= 4 is 10.0 Å². The van der Waals surface area contributed by atoms with Crippen LogP contribution in [0.5, 0.6) is 5.75 Å². The number of ether oxygens (including phenoxy) is 1. The van der Waals surface area contributed by atoms with Gasteiger partial charge in [0.1, 0.15) is 12.4 Å². The molecule has 4 nitrogen and oxygen atoms in total. The van der Waals surface area contributed by atoms with Gasteiger partial charge in [-0.3, -0.25) is 0 Å². The van der Waals surface area contributed by atoms with Gasteiger partial charge in [0, 0.05) is 13.6 Å². The summed E-state index contributed by atoms with van der Waals surface area (Å²) in [6.07, 6.45) is 0. The van der Waals surface area contributed by atoms with Crippen LogP contribution in [-0.2, 0) is 10.0 Å². The molecule has 0 aliphatic rings. The highest BCUT2D eigenvalue weighted by atomic mass is 32.2. The first kappa shape index (κ1) is 16.5. The third-order valence-corrected chi connectivity index (χ3v) is 5.45. The summed E-state index contributed by atoms with van der Waals surface area (Å²) in [6, 6.07) is 14.8. The molecule has 0 heterocycles. The Kier molecular flexibility index (Phi) is 5.21. The van der Waals surface area contributed by atoms with Gasteiger partial charge in [-0.05, 0) is 43.2 Å². The molecule has 0 N–H and O–H groups in total. The van der Waals surface area contributed by atoms with Crippen molar-refractivity contribution in [2.75, 3.05) is 20.2 Å². The molecular weight excluding hydrogens is 298 g/mol. The van der Waals surface area contributed by atoms with Crippen LogP contribution in [0.3, 0.4) is 0 Å². The molecule has 5 heteroatoms. The molecule has 0 amide bonds. The summed E-state index contributed by atoms with van der Waals surface area (Å²) in [4.78, 5) is 0.356. The molecule has 0 bridgehead atoms. The number of aryl methyl sites for hydroxylation is 2. The van der Waals surface area contributed by atoms with Gasteiger partial charge < -0.3 is 4.74 Å². The van der Waals surface area contributed by atoms with Gasteiger partial charge in [-0.15, -0.1) is 0 Å². The van der Waals surface area contributed by atoms with Crippen LogP contribution < -0.4 is 4.74 Å². The molecule has 0 saturated heterocycles. The van der Waals surface area contributed by atoms with Crippen molar-refractivity contribution in [3.05, 3.63) is 59.7 Å². The summed E-state index contributed by atoms with van der Waals surface area (Å²) < 4.78 is 32.1. The summed E-state index contributed by atoms with van der Waals surface area (Å²) in [7, 11) is -1.92. The van der Waals surface area contributed by atoms with Crippen LogP contribution in [0.15, 0.2) is 53.4 Å². The molecule has 0 fully saturated rings. The van der Waals surface area contributed by atoms with Gasteiger partial charge in [-0.2, -0.15) is 4.31 Å². The number of hydrogen-bond donors (Lipinski definition) is 0. The van der Waals surface area contributed by atoms with Gasteiger partial charge in [0.2, 0.25) is 10.0 Å². The Morgan fingerprint density at radius 3 is 2.41 bits per heavy atom. The van der Waals surface area contributed by atoms with Crippen molar-refractivity contribution in [3.63, 3.8) is 0 Å². The van der Waals surface area contributed by atoms with E-state index in [1.54, 1.807) is 20.0 Å². The maximum absolute atomic E-state index is 12.6. The lowest BCUT2D eigenvalue weighted by molar-refractivity contribution is 0.287. The third-order valence-electron chi connectivity index (χ3n) is 3.45. The second-order valence-corrected chi connectivity index (χ2v) is 7.27. The molecule has 0 aliphatic carbocycles. The van der Waals surface area contributed by atoms with Crippen LogP contribution in [0, 0.1) is 13.8 Å². The van der Waals surface area contributed by atoms with Gasteiger partial charge in [0.15, 0.2) is 0 Å². The third kappa shape index (κ3) is 3.87. The number of rotatable bonds is 6. The van der Waals surface area contributed by atoms with Gasteiger partial charge in [-0.25, -0.2) is 8.42 Å². The van der Waals surface area contributed by atoms with Crippen molar-refractivity contribution in [1.29, 1.82) is 0 Å². The lowest BCUT2D eigenvalue weighted by Crippen LogP contribution is -2.31. The summed E-state index contributed by atoms with van der Waals surface area (Å²) in [6.45, 7) is 4.30. The largest absolute Gasteiger partial charge is 0.492 e. The van der Waals surface area contributed by atoms with E-state index in [2.05, 4.69) is 0 Å². The highest BCUT2D eigenvalue weighted by Gasteiger charge is 2.22. The number of likely N-dealkylation sites (N-methyl/N-ethyl adjacent to an activating group) is 1. The molecule has 2 aromatic rings. The topological polar surface area (TPSA) is 46.6 Å². The average molecular weight is 319 g/mol. The Labute approximate surface area is 132 Å². The monoisotopic (exact) mass is 319 g/mol. The number of nitrogens with zero attached hydrogens (tertiary/aromatic N) is 1. The van der Waals surface area contributed by atoms with E-state index < -0.39 is 10.0 Å². The van der Waals surface area contributed by atoms with Gasteiger partial charge in [0.25, 0.3) is 0 Å². The van der Waals surface area contributed by atoms with Gasteiger partial charge in [-0.1, -0.05) is 30.3 Å². The summed E-state index contributed by atoms with van der Waals surface area (Å²) in [5.74, 6) is 0.736. The summed E-state index contributed by atoms with van der Waals surface area (Å²) >= 11 is 0. The number of sulfonamides is 1. The molecule has 0 radical (unpaired) electrons. The lowest BCUT2D eigenvalue weighted by atomic mass is 10.2. The summed E-state index contributed by atoms with van der Waals surface area (Å²) in [5, 5.41) is 0. The Morgan fingerprint density at radius 2 is 1.73 bits per heavy atom. The standard InChI is InChI=1S/C17H21NO3S/c1-14-9-10-15(2)17(13-14)22(19,20)18(3)11-12-21-16-7-5-4-6-8-16/h4-10,13H,11-12H2,1-3H3. The normalized spacial score (nSPS) is 11.6. The van der Waals surface area contributed by atoms with Crippen LogP contribution >= 0.6 is 0 Å². The highest BCUT2D eigenvalue weighted by Crippen LogP contribution is 2.20. The molecule has 0 unspecified atom stereocenters. The predicted octanol–water partition coefficient (Wildman–Crippen LogP) is 3.00. The SMILES string of the molecule is Cc1ccc(C)c(S(=O)(=O)N(C)CCOc2ccccc2)c1. The Balaban J connectivity index is 2.04. The molecule has 0 atom stereocenters. The second-order valence-electron chi connectivity index (χ2n) is 5.26. The van der Waals surface area contributed by atoms with Crippen LogP contribution in [0.4, 0.5) is 0 Å². The zero-order valence-electron chi connectivity index (χ0n) is 13.1.